The SMILES string of the molecule is C=CC(=C)CCCc1ccc(C(=C)C2=CCCC=C2)cc1. The summed E-state index contributed by atoms with van der Waals surface area (Å²) in [4.78, 5) is 0. The zero-order valence-electron chi connectivity index (χ0n) is 12.8. The molecule has 0 N–H and O–H groups in total. The Bertz CT molecular complexity index is 579. The molecule has 0 amide bonds. The van der Waals surface area contributed by atoms with E-state index in [-0.39, 0.29) is 0 Å². The number of hydrogen-bond donors (Lipinski definition) is 0. The van der Waals surface area contributed by atoms with Crippen molar-refractivity contribution in [2.45, 2.75) is 32.1 Å². The van der Waals surface area contributed by atoms with E-state index in [0.717, 1.165) is 43.3 Å². The van der Waals surface area contributed by atoms with E-state index in [4.69, 9.17) is 0 Å². The van der Waals surface area contributed by atoms with E-state index >= 15 is 0 Å². The van der Waals surface area contributed by atoms with E-state index in [0.29, 0.717) is 0 Å². The molecule has 0 fully saturated rings. The van der Waals surface area contributed by atoms with E-state index < -0.39 is 0 Å². The molecule has 1 aliphatic carbocycles. The average molecular weight is 276 g/mol. The molecule has 0 unspecified atom stereocenters. The van der Waals surface area contributed by atoms with Gasteiger partial charge in [0, 0.05) is 0 Å². The van der Waals surface area contributed by atoms with Crippen molar-refractivity contribution in [3.05, 3.63) is 90.6 Å². The lowest BCUT2D eigenvalue weighted by molar-refractivity contribution is 0.826. The molecule has 0 aliphatic heterocycles. The zero-order chi connectivity index (χ0) is 15.1. The number of hydrogen-bond acceptors (Lipinski definition) is 0. The molecule has 0 atom stereocenters. The van der Waals surface area contributed by atoms with Gasteiger partial charge in [-0.1, -0.05) is 73.9 Å². The van der Waals surface area contributed by atoms with Crippen molar-refractivity contribution in [1.29, 1.82) is 0 Å². The van der Waals surface area contributed by atoms with Crippen molar-refractivity contribution in [2.24, 2.45) is 0 Å². The highest BCUT2D eigenvalue weighted by atomic mass is 14.1. The quantitative estimate of drug-likeness (QED) is 0.532. The van der Waals surface area contributed by atoms with Crippen LogP contribution in [-0.4, -0.2) is 0 Å². The van der Waals surface area contributed by atoms with Gasteiger partial charge in [0.1, 0.15) is 0 Å². The highest BCUT2D eigenvalue weighted by molar-refractivity contribution is 5.80. The molecule has 0 aromatic heterocycles. The molecule has 0 nitrogen and oxygen atoms in total. The van der Waals surface area contributed by atoms with Crippen LogP contribution in [0.25, 0.3) is 5.57 Å². The fourth-order valence-corrected chi connectivity index (χ4v) is 2.50. The van der Waals surface area contributed by atoms with Gasteiger partial charge in [-0.05, 0) is 54.4 Å². The van der Waals surface area contributed by atoms with Gasteiger partial charge in [0.2, 0.25) is 0 Å². The Morgan fingerprint density at radius 2 is 1.86 bits per heavy atom. The molecule has 0 heterocycles. The maximum atomic E-state index is 4.23. The lowest BCUT2D eigenvalue weighted by Crippen LogP contribution is -1.91. The highest BCUT2D eigenvalue weighted by Gasteiger charge is 2.05. The second kappa shape index (κ2) is 7.64. The molecule has 21 heavy (non-hydrogen) atoms. The summed E-state index contributed by atoms with van der Waals surface area (Å²) in [6.45, 7) is 11.9. The lowest BCUT2D eigenvalue weighted by Gasteiger charge is -2.11. The predicted octanol–water partition coefficient (Wildman–Crippen LogP) is 6.04. The second-order valence-corrected chi connectivity index (χ2v) is 5.53. The molecule has 2 rings (SSSR count). The Morgan fingerprint density at radius 1 is 1.10 bits per heavy atom. The van der Waals surface area contributed by atoms with Gasteiger partial charge in [0.05, 0.1) is 0 Å². The van der Waals surface area contributed by atoms with Crippen LogP contribution in [-0.2, 0) is 6.42 Å². The third-order valence-corrected chi connectivity index (χ3v) is 3.90. The first-order valence-corrected chi connectivity index (χ1v) is 7.66. The predicted molar refractivity (Wildman–Crippen MR) is 94.2 cm³/mol. The molecule has 1 aliphatic rings. The van der Waals surface area contributed by atoms with Crippen molar-refractivity contribution in [3.8, 4) is 0 Å². The van der Waals surface area contributed by atoms with Gasteiger partial charge in [0.25, 0.3) is 0 Å². The summed E-state index contributed by atoms with van der Waals surface area (Å²) >= 11 is 0. The molecule has 0 radical (unpaired) electrons. The van der Waals surface area contributed by atoms with Crippen molar-refractivity contribution in [1.82, 2.24) is 0 Å². The van der Waals surface area contributed by atoms with Crippen LogP contribution >= 0.6 is 0 Å². The molecule has 0 spiro atoms. The minimum absolute atomic E-state index is 1.02. The molecular formula is C21H24. The lowest BCUT2D eigenvalue weighted by atomic mass is 9.94. The van der Waals surface area contributed by atoms with Gasteiger partial charge in [-0.2, -0.15) is 0 Å². The monoisotopic (exact) mass is 276 g/mol. The minimum Gasteiger partial charge on any atom is -0.0988 e. The van der Waals surface area contributed by atoms with Crippen molar-refractivity contribution < 1.29 is 0 Å². The number of allylic oxidation sites excluding steroid dienone is 7. The zero-order valence-corrected chi connectivity index (χ0v) is 12.8. The van der Waals surface area contributed by atoms with E-state index in [1.807, 2.05) is 6.08 Å². The summed E-state index contributed by atoms with van der Waals surface area (Å²) < 4.78 is 0. The maximum Gasteiger partial charge on any atom is -0.0184 e. The maximum absolute atomic E-state index is 4.23. The topological polar surface area (TPSA) is 0 Å². The van der Waals surface area contributed by atoms with Crippen LogP contribution in [0.5, 0.6) is 0 Å². The number of benzene rings is 1. The smallest absolute Gasteiger partial charge is 0.0184 e. The molecule has 0 saturated carbocycles. The Kier molecular flexibility index (Phi) is 5.57. The average Bonchev–Trinajstić information content (AvgIpc) is 2.55. The Balaban J connectivity index is 1.94. The highest BCUT2D eigenvalue weighted by Crippen LogP contribution is 2.26. The van der Waals surface area contributed by atoms with Crippen molar-refractivity contribution in [3.63, 3.8) is 0 Å². The van der Waals surface area contributed by atoms with E-state index in [9.17, 15) is 0 Å². The van der Waals surface area contributed by atoms with E-state index in [2.05, 4.69) is 62.2 Å². The number of aryl methyl sites for hydroxylation is 1. The molecule has 0 saturated heterocycles. The third-order valence-electron chi connectivity index (χ3n) is 3.90. The van der Waals surface area contributed by atoms with E-state index in [1.54, 1.807) is 0 Å². The second-order valence-electron chi connectivity index (χ2n) is 5.53. The van der Waals surface area contributed by atoms with Crippen molar-refractivity contribution in [2.75, 3.05) is 0 Å². The van der Waals surface area contributed by atoms with Gasteiger partial charge < -0.3 is 0 Å². The first-order valence-electron chi connectivity index (χ1n) is 7.66. The molecule has 108 valence electrons. The van der Waals surface area contributed by atoms with Crippen LogP contribution < -0.4 is 0 Å². The van der Waals surface area contributed by atoms with Crippen LogP contribution in [0.15, 0.2) is 79.5 Å². The summed E-state index contributed by atoms with van der Waals surface area (Å²) in [6, 6.07) is 8.79. The fraction of sp³-hybridized carbons (Fsp3) is 0.238. The summed E-state index contributed by atoms with van der Waals surface area (Å²) in [7, 11) is 0. The van der Waals surface area contributed by atoms with Crippen LogP contribution in [0, 0.1) is 0 Å². The summed E-state index contributed by atoms with van der Waals surface area (Å²) in [6.07, 6.45) is 14.0. The van der Waals surface area contributed by atoms with Crippen LogP contribution in [0.3, 0.4) is 0 Å². The Hall–Kier alpha value is -2.08. The molecular weight excluding hydrogens is 252 g/mol. The molecule has 0 heteroatoms. The van der Waals surface area contributed by atoms with Crippen LogP contribution in [0.1, 0.15) is 36.8 Å². The minimum atomic E-state index is 1.02. The Morgan fingerprint density at radius 3 is 2.48 bits per heavy atom. The van der Waals surface area contributed by atoms with Crippen molar-refractivity contribution >= 4 is 5.57 Å². The fourth-order valence-electron chi connectivity index (χ4n) is 2.50. The first-order chi connectivity index (χ1) is 10.2. The van der Waals surface area contributed by atoms with Crippen LogP contribution in [0.2, 0.25) is 0 Å². The molecule has 1 aromatic carbocycles. The summed E-state index contributed by atoms with van der Waals surface area (Å²) in [5, 5.41) is 0. The molecule has 1 aromatic rings. The largest absolute Gasteiger partial charge is 0.0988 e. The van der Waals surface area contributed by atoms with Gasteiger partial charge in [-0.25, -0.2) is 0 Å². The van der Waals surface area contributed by atoms with Gasteiger partial charge in [-0.15, -0.1) is 0 Å². The first kappa shape index (κ1) is 15.3. The number of rotatable bonds is 7. The molecule has 0 bridgehead atoms. The third kappa shape index (κ3) is 4.46. The normalized spacial score (nSPS) is 13.6. The van der Waals surface area contributed by atoms with Crippen LogP contribution in [0.4, 0.5) is 0 Å². The van der Waals surface area contributed by atoms with Gasteiger partial charge >= 0.3 is 0 Å². The van der Waals surface area contributed by atoms with Gasteiger partial charge in [0.15, 0.2) is 0 Å². The summed E-state index contributed by atoms with van der Waals surface area (Å²) in [5.41, 5.74) is 6.09. The summed E-state index contributed by atoms with van der Waals surface area (Å²) in [5.74, 6) is 0. The Labute approximate surface area is 128 Å². The standard InChI is InChI=1S/C21H24/c1-4-17(2)9-8-10-19-13-15-21(16-14-19)18(3)20-11-6-5-7-12-20/h4,6,11-16H,1-3,5,7-10H2. The van der Waals surface area contributed by atoms with E-state index in [1.165, 1.54) is 16.7 Å². The van der Waals surface area contributed by atoms with Gasteiger partial charge in [-0.3, -0.25) is 0 Å².